The zero-order valence-electron chi connectivity index (χ0n) is 11.2. The van der Waals surface area contributed by atoms with Gasteiger partial charge in [0.25, 0.3) is 0 Å². The third kappa shape index (κ3) is 3.14. The highest BCUT2D eigenvalue weighted by molar-refractivity contribution is 7.08. The Morgan fingerprint density at radius 2 is 2.21 bits per heavy atom. The Morgan fingerprint density at radius 3 is 2.84 bits per heavy atom. The molecule has 0 aliphatic heterocycles. The third-order valence-electron chi connectivity index (χ3n) is 3.00. The Morgan fingerprint density at radius 1 is 1.37 bits per heavy atom. The molecule has 0 bridgehead atoms. The second kappa shape index (κ2) is 6.68. The maximum Gasteiger partial charge on any atom is 0.132 e. The lowest BCUT2D eigenvalue weighted by molar-refractivity contribution is 0.396. The summed E-state index contributed by atoms with van der Waals surface area (Å²) in [5.41, 5.74) is 1.65. The monoisotopic (exact) mass is 279 g/mol. The van der Waals surface area contributed by atoms with Gasteiger partial charge < -0.3 is 10.1 Å². The predicted octanol–water partition coefficient (Wildman–Crippen LogP) is 3.98. The Bertz CT molecular complexity index is 513. The number of rotatable bonds is 6. The molecule has 1 atom stereocenters. The fraction of sp³-hybridized carbons (Fsp3) is 0.333. The van der Waals surface area contributed by atoms with Crippen molar-refractivity contribution in [1.29, 1.82) is 0 Å². The van der Waals surface area contributed by atoms with E-state index >= 15 is 0 Å². The van der Waals surface area contributed by atoms with Crippen molar-refractivity contribution in [1.82, 2.24) is 5.32 Å². The molecule has 0 amide bonds. The van der Waals surface area contributed by atoms with Crippen molar-refractivity contribution in [2.45, 2.75) is 19.4 Å². The smallest absolute Gasteiger partial charge is 0.132 e. The van der Waals surface area contributed by atoms with Crippen LogP contribution in [-0.4, -0.2) is 13.7 Å². The van der Waals surface area contributed by atoms with Crippen LogP contribution in [0.3, 0.4) is 0 Å². The average molecular weight is 279 g/mol. The minimum atomic E-state index is -0.237. The first kappa shape index (κ1) is 14.0. The summed E-state index contributed by atoms with van der Waals surface area (Å²) in [6, 6.07) is 6.80. The molecule has 0 saturated carbocycles. The molecule has 0 spiro atoms. The molecule has 0 aliphatic rings. The molecular weight excluding hydrogens is 261 g/mol. The molecule has 1 unspecified atom stereocenters. The molecule has 4 heteroatoms. The molecule has 2 nitrogen and oxygen atoms in total. The molecule has 1 N–H and O–H groups in total. The van der Waals surface area contributed by atoms with Crippen molar-refractivity contribution < 1.29 is 9.13 Å². The van der Waals surface area contributed by atoms with Crippen molar-refractivity contribution >= 4 is 11.3 Å². The van der Waals surface area contributed by atoms with E-state index < -0.39 is 0 Å². The summed E-state index contributed by atoms with van der Waals surface area (Å²) >= 11 is 1.61. The van der Waals surface area contributed by atoms with E-state index in [-0.39, 0.29) is 11.9 Å². The summed E-state index contributed by atoms with van der Waals surface area (Å²) < 4.78 is 19.5. The summed E-state index contributed by atoms with van der Waals surface area (Å²) in [4.78, 5) is 0. The van der Waals surface area contributed by atoms with Crippen LogP contribution in [0.15, 0.2) is 35.0 Å². The van der Waals surface area contributed by atoms with Crippen molar-refractivity contribution in [3.63, 3.8) is 0 Å². The number of methoxy groups -OCH3 is 1. The molecule has 0 radical (unpaired) electrons. The maximum absolute atomic E-state index is 14.2. The van der Waals surface area contributed by atoms with Crippen LogP contribution in [0.1, 0.15) is 30.5 Å². The summed E-state index contributed by atoms with van der Waals surface area (Å²) in [6.45, 7) is 2.92. The molecule has 1 aromatic heterocycles. The van der Waals surface area contributed by atoms with Crippen molar-refractivity contribution in [3.8, 4) is 5.75 Å². The highest BCUT2D eigenvalue weighted by atomic mass is 32.1. The van der Waals surface area contributed by atoms with Gasteiger partial charge in [-0.1, -0.05) is 13.0 Å². The minimum absolute atomic E-state index is 0.164. The summed E-state index contributed by atoms with van der Waals surface area (Å²) in [5, 5.41) is 7.43. The van der Waals surface area contributed by atoms with E-state index in [9.17, 15) is 4.39 Å². The Labute approximate surface area is 117 Å². The van der Waals surface area contributed by atoms with E-state index in [1.54, 1.807) is 30.6 Å². The average Bonchev–Trinajstić information content (AvgIpc) is 2.94. The third-order valence-corrected chi connectivity index (χ3v) is 3.70. The topological polar surface area (TPSA) is 21.3 Å². The van der Waals surface area contributed by atoms with Crippen LogP contribution in [0.25, 0.3) is 0 Å². The number of thiophene rings is 1. The summed E-state index contributed by atoms with van der Waals surface area (Å²) in [5.74, 6) is 0.346. The molecule has 0 aliphatic carbocycles. The molecule has 2 rings (SSSR count). The number of nitrogens with one attached hydrogen (secondary N) is 1. The molecule has 102 valence electrons. The van der Waals surface area contributed by atoms with Crippen LogP contribution >= 0.6 is 11.3 Å². The van der Waals surface area contributed by atoms with E-state index in [2.05, 4.69) is 12.2 Å². The molecule has 1 aromatic carbocycles. The first-order valence-corrected chi connectivity index (χ1v) is 7.30. The van der Waals surface area contributed by atoms with E-state index in [0.717, 1.165) is 18.5 Å². The van der Waals surface area contributed by atoms with Gasteiger partial charge in [0, 0.05) is 0 Å². The lowest BCUT2D eigenvalue weighted by atomic mass is 9.99. The van der Waals surface area contributed by atoms with Crippen molar-refractivity contribution in [2.24, 2.45) is 0 Å². The van der Waals surface area contributed by atoms with Gasteiger partial charge in [0.05, 0.1) is 18.7 Å². The van der Waals surface area contributed by atoms with Gasteiger partial charge in [-0.15, -0.1) is 0 Å². The van der Waals surface area contributed by atoms with Gasteiger partial charge >= 0.3 is 0 Å². The van der Waals surface area contributed by atoms with Gasteiger partial charge in [0.1, 0.15) is 11.6 Å². The molecular formula is C15H18FNOS. The summed E-state index contributed by atoms with van der Waals surface area (Å²) in [6.07, 6.45) is 0.997. The van der Waals surface area contributed by atoms with Crippen molar-refractivity contribution in [3.05, 3.63) is 52.0 Å². The lowest BCUT2D eigenvalue weighted by Gasteiger charge is -2.21. The second-order valence-electron chi connectivity index (χ2n) is 4.30. The number of hydrogen-bond donors (Lipinski definition) is 1. The second-order valence-corrected chi connectivity index (χ2v) is 5.08. The Kier molecular flexibility index (Phi) is 4.93. The lowest BCUT2D eigenvalue weighted by Crippen LogP contribution is -2.24. The van der Waals surface area contributed by atoms with E-state index in [0.29, 0.717) is 11.3 Å². The minimum Gasteiger partial charge on any atom is -0.496 e. The van der Waals surface area contributed by atoms with Crippen LogP contribution in [-0.2, 0) is 0 Å². The Hall–Kier alpha value is -1.39. The van der Waals surface area contributed by atoms with Gasteiger partial charge in [-0.3, -0.25) is 0 Å². The van der Waals surface area contributed by atoms with Crippen LogP contribution < -0.4 is 10.1 Å². The Balaban J connectivity index is 2.43. The van der Waals surface area contributed by atoms with Crippen LogP contribution in [0.2, 0.25) is 0 Å². The first-order chi connectivity index (χ1) is 9.27. The molecule has 0 saturated heterocycles. The summed E-state index contributed by atoms with van der Waals surface area (Å²) in [7, 11) is 1.57. The first-order valence-electron chi connectivity index (χ1n) is 6.35. The molecule has 0 fully saturated rings. The largest absolute Gasteiger partial charge is 0.496 e. The number of ether oxygens (including phenoxy) is 1. The van der Waals surface area contributed by atoms with E-state index in [1.165, 1.54) is 6.07 Å². The zero-order chi connectivity index (χ0) is 13.7. The highest BCUT2D eigenvalue weighted by Gasteiger charge is 2.21. The maximum atomic E-state index is 14.2. The SMILES string of the molecule is CCCNC(c1ccsc1)c1c(F)cccc1OC. The van der Waals surface area contributed by atoms with Gasteiger partial charge in [0.15, 0.2) is 0 Å². The van der Waals surface area contributed by atoms with Crippen LogP contribution in [0.5, 0.6) is 5.75 Å². The van der Waals surface area contributed by atoms with Crippen molar-refractivity contribution in [2.75, 3.05) is 13.7 Å². The van der Waals surface area contributed by atoms with Gasteiger partial charge in [-0.25, -0.2) is 4.39 Å². The van der Waals surface area contributed by atoms with Crippen LogP contribution in [0, 0.1) is 5.82 Å². The highest BCUT2D eigenvalue weighted by Crippen LogP contribution is 2.33. The molecule has 19 heavy (non-hydrogen) atoms. The van der Waals surface area contributed by atoms with E-state index in [4.69, 9.17) is 4.74 Å². The standard InChI is InChI=1S/C15H18FNOS/c1-3-8-17-15(11-7-9-19-10-11)14-12(16)5-4-6-13(14)18-2/h4-7,9-10,15,17H,3,8H2,1-2H3. The van der Waals surface area contributed by atoms with Gasteiger partial charge in [-0.05, 0) is 47.5 Å². The fourth-order valence-corrected chi connectivity index (χ4v) is 2.78. The van der Waals surface area contributed by atoms with Gasteiger partial charge in [-0.2, -0.15) is 11.3 Å². The molecule has 2 aromatic rings. The fourth-order valence-electron chi connectivity index (χ4n) is 2.09. The van der Waals surface area contributed by atoms with E-state index in [1.807, 2.05) is 16.8 Å². The zero-order valence-corrected chi connectivity index (χ0v) is 12.0. The number of hydrogen-bond acceptors (Lipinski definition) is 3. The normalized spacial score (nSPS) is 12.4. The van der Waals surface area contributed by atoms with Gasteiger partial charge in [0.2, 0.25) is 0 Å². The van der Waals surface area contributed by atoms with Crippen LogP contribution in [0.4, 0.5) is 4.39 Å². The number of benzene rings is 1. The quantitative estimate of drug-likeness (QED) is 0.863. The number of halogens is 1. The predicted molar refractivity (Wildman–Crippen MR) is 77.4 cm³/mol. The molecule has 1 heterocycles.